The molecule has 2 aromatic carbocycles. The van der Waals surface area contributed by atoms with E-state index < -0.39 is 16.7 Å². The molecule has 114 valence electrons. The van der Waals surface area contributed by atoms with E-state index in [1.807, 2.05) is 0 Å². The van der Waals surface area contributed by atoms with Gasteiger partial charge < -0.3 is 11.5 Å². The molecule has 4 nitrogen and oxygen atoms in total. The third kappa shape index (κ3) is 3.21. The predicted molar refractivity (Wildman–Crippen MR) is 90.6 cm³/mol. The van der Waals surface area contributed by atoms with Gasteiger partial charge in [-0.05, 0) is 29.8 Å². The second-order valence-electron chi connectivity index (χ2n) is 4.53. The minimum Gasteiger partial charge on any atom is -0.366 e. The Hall–Kier alpha value is -1.69. The van der Waals surface area contributed by atoms with Gasteiger partial charge in [0.1, 0.15) is 4.84 Å². The van der Waals surface area contributed by atoms with Gasteiger partial charge in [-0.15, -0.1) is 12.6 Å². The molecule has 0 aliphatic carbocycles. The number of nitrogens with two attached hydrogens (primary N) is 2. The summed E-state index contributed by atoms with van der Waals surface area (Å²) >= 11 is 16.4. The molecule has 0 saturated carbocycles. The average Bonchev–Trinajstić information content (AvgIpc) is 2.46. The highest BCUT2D eigenvalue weighted by atomic mass is 35.5. The highest BCUT2D eigenvalue weighted by Crippen LogP contribution is 2.40. The van der Waals surface area contributed by atoms with Crippen LogP contribution in [0.25, 0.3) is 11.1 Å². The lowest BCUT2D eigenvalue weighted by Gasteiger charge is -2.16. The van der Waals surface area contributed by atoms with Gasteiger partial charge in [-0.25, -0.2) is 0 Å². The number of carbonyl (C=O) groups excluding carboxylic acids is 2. The SMILES string of the molecule is NC(=O)c1ccc(-c2c(C(N)=O)ccc(S)c2C(Cl)Cl)cc1. The van der Waals surface area contributed by atoms with Crippen LogP contribution in [0.1, 0.15) is 31.1 Å². The first kappa shape index (κ1) is 16.7. The van der Waals surface area contributed by atoms with Crippen molar-refractivity contribution in [1.29, 1.82) is 0 Å². The van der Waals surface area contributed by atoms with Crippen molar-refractivity contribution in [3.63, 3.8) is 0 Å². The number of alkyl halides is 2. The Balaban J connectivity index is 2.73. The van der Waals surface area contributed by atoms with E-state index in [4.69, 9.17) is 34.7 Å². The molecule has 0 fully saturated rings. The lowest BCUT2D eigenvalue weighted by atomic mass is 9.93. The van der Waals surface area contributed by atoms with E-state index >= 15 is 0 Å². The maximum atomic E-state index is 11.7. The van der Waals surface area contributed by atoms with Crippen molar-refractivity contribution in [2.75, 3.05) is 0 Å². The van der Waals surface area contributed by atoms with Crippen molar-refractivity contribution in [3.8, 4) is 11.1 Å². The molecule has 4 N–H and O–H groups in total. The van der Waals surface area contributed by atoms with Gasteiger partial charge in [0.05, 0.1) is 0 Å². The van der Waals surface area contributed by atoms with Gasteiger partial charge in [0, 0.05) is 27.1 Å². The number of hydrogen-bond acceptors (Lipinski definition) is 3. The number of halogens is 2. The summed E-state index contributed by atoms with van der Waals surface area (Å²) in [6.45, 7) is 0. The number of benzene rings is 2. The van der Waals surface area contributed by atoms with Crippen LogP contribution in [0.3, 0.4) is 0 Å². The molecule has 0 spiro atoms. The Morgan fingerprint density at radius 1 is 0.955 bits per heavy atom. The van der Waals surface area contributed by atoms with Gasteiger partial charge in [-0.3, -0.25) is 9.59 Å². The van der Waals surface area contributed by atoms with Crippen LogP contribution in [0.4, 0.5) is 0 Å². The fourth-order valence-electron chi connectivity index (χ4n) is 2.15. The number of carbonyl (C=O) groups is 2. The zero-order valence-electron chi connectivity index (χ0n) is 11.2. The zero-order chi connectivity index (χ0) is 16.4. The van der Waals surface area contributed by atoms with E-state index in [0.29, 0.717) is 27.1 Å². The molecule has 0 aliphatic rings. The van der Waals surface area contributed by atoms with Gasteiger partial charge in [0.2, 0.25) is 11.8 Å². The van der Waals surface area contributed by atoms with E-state index in [2.05, 4.69) is 12.6 Å². The van der Waals surface area contributed by atoms with Crippen molar-refractivity contribution < 1.29 is 9.59 Å². The molecule has 0 unspecified atom stereocenters. The van der Waals surface area contributed by atoms with Gasteiger partial charge >= 0.3 is 0 Å². The zero-order valence-corrected chi connectivity index (χ0v) is 13.6. The van der Waals surface area contributed by atoms with Crippen LogP contribution in [-0.4, -0.2) is 11.8 Å². The average molecular weight is 355 g/mol. The number of primary amides is 2. The summed E-state index contributed by atoms with van der Waals surface area (Å²) in [5.41, 5.74) is 12.9. The van der Waals surface area contributed by atoms with Crippen molar-refractivity contribution >= 4 is 47.6 Å². The van der Waals surface area contributed by atoms with E-state index in [1.165, 1.54) is 0 Å². The molecule has 7 heteroatoms. The molecular formula is C15H12Cl2N2O2S. The number of amides is 2. The van der Waals surface area contributed by atoms with Gasteiger partial charge in [-0.1, -0.05) is 35.3 Å². The molecule has 0 saturated heterocycles. The summed E-state index contributed by atoms with van der Waals surface area (Å²) in [7, 11) is 0. The molecule has 0 heterocycles. The minimum atomic E-state index is -0.891. The molecule has 0 radical (unpaired) electrons. The highest BCUT2D eigenvalue weighted by molar-refractivity contribution is 7.80. The Kier molecular flexibility index (Phi) is 5.01. The lowest BCUT2D eigenvalue weighted by molar-refractivity contribution is 0.0992. The summed E-state index contributed by atoms with van der Waals surface area (Å²) in [6.07, 6.45) is 0. The minimum absolute atomic E-state index is 0.269. The summed E-state index contributed by atoms with van der Waals surface area (Å²) in [4.78, 5) is 22.5. The first-order valence-electron chi connectivity index (χ1n) is 6.17. The third-order valence-corrected chi connectivity index (χ3v) is 3.99. The number of thiol groups is 1. The lowest BCUT2D eigenvalue weighted by Crippen LogP contribution is -2.14. The molecule has 2 amide bonds. The topological polar surface area (TPSA) is 86.2 Å². The predicted octanol–water partition coefficient (Wildman–Crippen LogP) is 3.32. The molecule has 2 rings (SSSR count). The maximum absolute atomic E-state index is 11.7. The second kappa shape index (κ2) is 6.60. The van der Waals surface area contributed by atoms with E-state index in [9.17, 15) is 9.59 Å². The first-order valence-corrected chi connectivity index (χ1v) is 7.49. The molecule has 22 heavy (non-hydrogen) atoms. The normalized spacial score (nSPS) is 10.7. The fraction of sp³-hybridized carbons (Fsp3) is 0.0667. The van der Waals surface area contributed by atoms with Gasteiger partial charge in [0.15, 0.2) is 0 Å². The molecule has 0 bridgehead atoms. The highest BCUT2D eigenvalue weighted by Gasteiger charge is 2.21. The molecule has 0 aliphatic heterocycles. The maximum Gasteiger partial charge on any atom is 0.249 e. The number of hydrogen-bond donors (Lipinski definition) is 3. The van der Waals surface area contributed by atoms with Crippen molar-refractivity contribution in [1.82, 2.24) is 0 Å². The fourth-order valence-corrected chi connectivity index (χ4v) is 3.07. The van der Waals surface area contributed by atoms with Crippen molar-refractivity contribution in [2.45, 2.75) is 9.73 Å². The Morgan fingerprint density at radius 3 is 2.00 bits per heavy atom. The number of rotatable bonds is 4. The summed E-state index contributed by atoms with van der Waals surface area (Å²) in [6, 6.07) is 9.56. The third-order valence-electron chi connectivity index (χ3n) is 3.16. The second-order valence-corrected chi connectivity index (χ2v) is 6.11. The monoisotopic (exact) mass is 354 g/mol. The van der Waals surface area contributed by atoms with Crippen LogP contribution in [0.5, 0.6) is 0 Å². The van der Waals surface area contributed by atoms with Crippen LogP contribution in [0.15, 0.2) is 41.3 Å². The Bertz CT molecular complexity index is 746. The van der Waals surface area contributed by atoms with Crippen LogP contribution in [-0.2, 0) is 0 Å². The summed E-state index contributed by atoms with van der Waals surface area (Å²) < 4.78 is 0. The van der Waals surface area contributed by atoms with E-state index in [1.54, 1.807) is 36.4 Å². The van der Waals surface area contributed by atoms with Crippen LogP contribution in [0, 0.1) is 0 Å². The molecule has 0 aromatic heterocycles. The van der Waals surface area contributed by atoms with Crippen molar-refractivity contribution in [2.24, 2.45) is 11.5 Å². The first-order chi connectivity index (χ1) is 10.3. The summed E-state index contributed by atoms with van der Waals surface area (Å²) in [5.74, 6) is -1.16. The molecule has 0 atom stereocenters. The standard InChI is InChI=1S/C15H12Cl2N2O2S/c16-13(17)12-10(22)6-5-9(15(19)21)11(12)7-1-3-8(4-2-7)14(18)20/h1-6,13,22H,(H2,18,20)(H2,19,21). The quantitative estimate of drug-likeness (QED) is 0.580. The Morgan fingerprint density at radius 2 is 1.55 bits per heavy atom. The molecular weight excluding hydrogens is 343 g/mol. The Labute approximate surface area is 142 Å². The summed E-state index contributed by atoms with van der Waals surface area (Å²) in [5, 5.41) is 0. The molecule has 2 aromatic rings. The van der Waals surface area contributed by atoms with Gasteiger partial charge in [0.25, 0.3) is 0 Å². The smallest absolute Gasteiger partial charge is 0.249 e. The van der Waals surface area contributed by atoms with E-state index in [0.717, 1.165) is 0 Å². The van der Waals surface area contributed by atoms with Crippen LogP contribution >= 0.6 is 35.8 Å². The van der Waals surface area contributed by atoms with Crippen molar-refractivity contribution in [3.05, 3.63) is 53.1 Å². The van der Waals surface area contributed by atoms with Gasteiger partial charge in [-0.2, -0.15) is 0 Å². The van der Waals surface area contributed by atoms with E-state index in [-0.39, 0.29) is 5.56 Å². The van der Waals surface area contributed by atoms with Crippen LogP contribution < -0.4 is 11.5 Å². The van der Waals surface area contributed by atoms with Crippen LogP contribution in [0.2, 0.25) is 0 Å². The largest absolute Gasteiger partial charge is 0.366 e.